The van der Waals surface area contributed by atoms with E-state index < -0.39 is 0 Å². The van der Waals surface area contributed by atoms with Gasteiger partial charge in [-0.2, -0.15) is 0 Å². The summed E-state index contributed by atoms with van der Waals surface area (Å²) in [5.74, 6) is 0. The number of hydrogen-bond donors (Lipinski definition) is 1. The Hall–Kier alpha value is -1.50. The molecule has 2 rings (SSSR count). The van der Waals surface area contributed by atoms with Crippen molar-refractivity contribution in [1.82, 2.24) is 0 Å². The van der Waals surface area contributed by atoms with Crippen molar-refractivity contribution in [2.45, 2.75) is 33.1 Å². The molecule has 0 aliphatic carbocycles. The zero-order valence-corrected chi connectivity index (χ0v) is 10.8. The third kappa shape index (κ3) is 2.79. The van der Waals surface area contributed by atoms with Crippen molar-refractivity contribution < 1.29 is 0 Å². The van der Waals surface area contributed by atoms with Crippen molar-refractivity contribution >= 4 is 16.5 Å². The van der Waals surface area contributed by atoms with E-state index in [1.807, 2.05) is 0 Å². The lowest BCUT2D eigenvalue weighted by Crippen LogP contribution is -2.01. The molecule has 1 N–H and O–H groups in total. The number of hydrogen-bond acceptors (Lipinski definition) is 1. The summed E-state index contributed by atoms with van der Waals surface area (Å²) in [7, 11) is 0. The molecule has 0 unspecified atom stereocenters. The normalized spacial score (nSPS) is 10.7. The molecule has 0 fully saturated rings. The fourth-order valence-corrected chi connectivity index (χ4v) is 2.22. The van der Waals surface area contributed by atoms with Crippen LogP contribution in [0.2, 0.25) is 0 Å². The monoisotopic (exact) mass is 227 g/mol. The second kappa shape index (κ2) is 5.72. The number of aryl methyl sites for hydroxylation is 1. The molecule has 17 heavy (non-hydrogen) atoms. The Morgan fingerprint density at radius 2 is 1.71 bits per heavy atom. The maximum absolute atomic E-state index is 3.48. The Bertz CT molecular complexity index is 488. The number of nitrogens with one attached hydrogen (secondary N) is 1. The van der Waals surface area contributed by atoms with Crippen molar-refractivity contribution in [3.8, 4) is 0 Å². The van der Waals surface area contributed by atoms with Gasteiger partial charge in [0.15, 0.2) is 0 Å². The summed E-state index contributed by atoms with van der Waals surface area (Å²) in [6.07, 6.45) is 3.68. The highest BCUT2D eigenvalue weighted by Gasteiger charge is 2.03. The Labute approximate surface area is 104 Å². The summed E-state index contributed by atoms with van der Waals surface area (Å²) in [5, 5.41) is 6.15. The van der Waals surface area contributed by atoms with Gasteiger partial charge in [0.1, 0.15) is 0 Å². The molecule has 2 aromatic rings. The SMILES string of the molecule is CCCCc1cc2ccccc2cc1NCC. The van der Waals surface area contributed by atoms with E-state index in [1.165, 1.54) is 41.3 Å². The van der Waals surface area contributed by atoms with Gasteiger partial charge in [-0.15, -0.1) is 0 Å². The van der Waals surface area contributed by atoms with Crippen LogP contribution in [0.4, 0.5) is 5.69 Å². The van der Waals surface area contributed by atoms with Crippen molar-refractivity contribution in [2.75, 3.05) is 11.9 Å². The van der Waals surface area contributed by atoms with E-state index in [9.17, 15) is 0 Å². The van der Waals surface area contributed by atoms with Gasteiger partial charge in [0.2, 0.25) is 0 Å². The fraction of sp³-hybridized carbons (Fsp3) is 0.375. The summed E-state index contributed by atoms with van der Waals surface area (Å²) in [5.41, 5.74) is 2.76. The molecule has 0 saturated carbocycles. The number of anilines is 1. The molecule has 0 heterocycles. The summed E-state index contributed by atoms with van der Waals surface area (Å²) < 4.78 is 0. The quantitative estimate of drug-likeness (QED) is 0.786. The van der Waals surface area contributed by atoms with E-state index in [0.29, 0.717) is 0 Å². The number of unbranched alkanes of at least 4 members (excludes halogenated alkanes) is 1. The van der Waals surface area contributed by atoms with Gasteiger partial charge in [0.25, 0.3) is 0 Å². The summed E-state index contributed by atoms with van der Waals surface area (Å²) in [6.45, 7) is 5.38. The molecule has 0 saturated heterocycles. The van der Waals surface area contributed by atoms with Crippen LogP contribution in [0.25, 0.3) is 10.8 Å². The zero-order valence-electron chi connectivity index (χ0n) is 10.8. The molecule has 2 aromatic carbocycles. The lowest BCUT2D eigenvalue weighted by Gasteiger charge is -2.12. The first kappa shape index (κ1) is 12.0. The highest BCUT2D eigenvalue weighted by molar-refractivity contribution is 5.87. The average Bonchev–Trinajstić information content (AvgIpc) is 2.36. The Morgan fingerprint density at radius 1 is 1.00 bits per heavy atom. The second-order valence-electron chi connectivity index (χ2n) is 4.49. The largest absolute Gasteiger partial charge is 0.385 e. The average molecular weight is 227 g/mol. The van der Waals surface area contributed by atoms with Crippen LogP contribution in [0.15, 0.2) is 36.4 Å². The second-order valence-corrected chi connectivity index (χ2v) is 4.49. The minimum atomic E-state index is 0.984. The van der Waals surface area contributed by atoms with Gasteiger partial charge >= 0.3 is 0 Å². The first-order valence-corrected chi connectivity index (χ1v) is 6.60. The minimum Gasteiger partial charge on any atom is -0.385 e. The Balaban J connectivity index is 2.42. The molecular formula is C16H21N. The van der Waals surface area contributed by atoms with Crippen LogP contribution in [-0.4, -0.2) is 6.54 Å². The lowest BCUT2D eigenvalue weighted by atomic mass is 10.0. The molecule has 0 spiro atoms. The first-order chi connectivity index (χ1) is 8.35. The fourth-order valence-electron chi connectivity index (χ4n) is 2.22. The van der Waals surface area contributed by atoms with Crippen molar-refractivity contribution in [3.63, 3.8) is 0 Å². The van der Waals surface area contributed by atoms with Crippen molar-refractivity contribution in [3.05, 3.63) is 42.0 Å². The van der Waals surface area contributed by atoms with Crippen LogP contribution >= 0.6 is 0 Å². The predicted molar refractivity (Wildman–Crippen MR) is 76.7 cm³/mol. The van der Waals surface area contributed by atoms with E-state index >= 15 is 0 Å². The van der Waals surface area contributed by atoms with Crippen molar-refractivity contribution in [1.29, 1.82) is 0 Å². The summed E-state index contributed by atoms with van der Waals surface area (Å²) in [4.78, 5) is 0. The van der Waals surface area contributed by atoms with E-state index in [0.717, 1.165) is 6.54 Å². The zero-order chi connectivity index (χ0) is 12.1. The smallest absolute Gasteiger partial charge is 0.0379 e. The maximum Gasteiger partial charge on any atom is 0.0379 e. The van der Waals surface area contributed by atoms with E-state index in [2.05, 4.69) is 55.6 Å². The molecule has 90 valence electrons. The number of benzene rings is 2. The topological polar surface area (TPSA) is 12.0 Å². The summed E-state index contributed by atoms with van der Waals surface area (Å²) >= 11 is 0. The molecule has 0 aliphatic rings. The Morgan fingerprint density at radius 3 is 2.35 bits per heavy atom. The third-order valence-electron chi connectivity index (χ3n) is 3.14. The van der Waals surface area contributed by atoms with Crippen LogP contribution in [0.3, 0.4) is 0 Å². The van der Waals surface area contributed by atoms with Crippen LogP contribution in [-0.2, 0) is 6.42 Å². The van der Waals surface area contributed by atoms with E-state index in [1.54, 1.807) is 0 Å². The molecule has 0 aliphatic heterocycles. The molecule has 0 aromatic heterocycles. The van der Waals surface area contributed by atoms with E-state index in [4.69, 9.17) is 0 Å². The first-order valence-electron chi connectivity index (χ1n) is 6.60. The predicted octanol–water partition coefficient (Wildman–Crippen LogP) is 4.61. The third-order valence-corrected chi connectivity index (χ3v) is 3.14. The van der Waals surface area contributed by atoms with Crippen LogP contribution in [0.1, 0.15) is 32.3 Å². The van der Waals surface area contributed by atoms with Gasteiger partial charge in [-0.1, -0.05) is 37.6 Å². The van der Waals surface area contributed by atoms with Crippen LogP contribution in [0.5, 0.6) is 0 Å². The van der Waals surface area contributed by atoms with Gasteiger partial charge in [-0.3, -0.25) is 0 Å². The van der Waals surface area contributed by atoms with Crippen LogP contribution < -0.4 is 5.32 Å². The molecule has 0 radical (unpaired) electrons. The highest BCUT2D eigenvalue weighted by atomic mass is 14.9. The molecular weight excluding hydrogens is 206 g/mol. The lowest BCUT2D eigenvalue weighted by molar-refractivity contribution is 0.796. The molecule has 1 heteroatoms. The van der Waals surface area contributed by atoms with E-state index in [-0.39, 0.29) is 0 Å². The van der Waals surface area contributed by atoms with Gasteiger partial charge in [0.05, 0.1) is 0 Å². The van der Waals surface area contributed by atoms with Gasteiger partial charge in [-0.25, -0.2) is 0 Å². The standard InChI is InChI=1S/C16H21N/c1-3-5-8-15-11-13-9-6-7-10-14(13)12-16(15)17-4-2/h6-7,9-12,17H,3-5,8H2,1-2H3. The molecule has 0 bridgehead atoms. The highest BCUT2D eigenvalue weighted by Crippen LogP contribution is 2.25. The number of fused-ring (bicyclic) bond motifs is 1. The van der Waals surface area contributed by atoms with Crippen molar-refractivity contribution in [2.24, 2.45) is 0 Å². The molecule has 0 amide bonds. The maximum atomic E-state index is 3.48. The van der Waals surface area contributed by atoms with Crippen LogP contribution in [0, 0.1) is 0 Å². The summed E-state index contributed by atoms with van der Waals surface area (Å²) in [6, 6.07) is 13.2. The Kier molecular flexibility index (Phi) is 4.03. The minimum absolute atomic E-state index is 0.984. The van der Waals surface area contributed by atoms with Gasteiger partial charge in [-0.05, 0) is 48.2 Å². The molecule has 1 nitrogen and oxygen atoms in total. The van der Waals surface area contributed by atoms with Gasteiger partial charge in [0, 0.05) is 12.2 Å². The number of rotatable bonds is 5. The van der Waals surface area contributed by atoms with Gasteiger partial charge < -0.3 is 5.32 Å². The molecule has 0 atom stereocenters.